The van der Waals surface area contributed by atoms with Crippen LogP contribution in [0, 0.1) is 5.82 Å². The van der Waals surface area contributed by atoms with E-state index >= 15 is 0 Å². The second-order valence-electron chi connectivity index (χ2n) is 4.84. The minimum absolute atomic E-state index is 0.234. The van der Waals surface area contributed by atoms with Crippen molar-refractivity contribution in [2.45, 2.75) is 13.0 Å². The number of hydrogen-bond donors (Lipinski definition) is 2. The highest BCUT2D eigenvalue weighted by Crippen LogP contribution is 2.08. The quantitative estimate of drug-likeness (QED) is 0.728. The topological polar surface area (TPSA) is 76.1 Å². The summed E-state index contributed by atoms with van der Waals surface area (Å²) < 4.78 is 18.4. The molecule has 0 atom stereocenters. The van der Waals surface area contributed by atoms with E-state index in [2.05, 4.69) is 20.6 Å². The van der Waals surface area contributed by atoms with Crippen LogP contribution in [0.25, 0.3) is 0 Å². The highest BCUT2D eigenvalue weighted by atomic mass is 19.1. The lowest BCUT2D eigenvalue weighted by atomic mass is 10.2. The predicted molar refractivity (Wildman–Crippen MR) is 84.6 cm³/mol. The predicted octanol–water partition coefficient (Wildman–Crippen LogP) is 1.99. The van der Waals surface area contributed by atoms with Crippen molar-refractivity contribution in [2.24, 2.45) is 0 Å². The number of nitrogens with zero attached hydrogens (tertiary/aromatic N) is 2. The van der Waals surface area contributed by atoms with Crippen LogP contribution in [-0.4, -0.2) is 36.1 Å². The Morgan fingerprint density at radius 1 is 1.26 bits per heavy atom. The van der Waals surface area contributed by atoms with Crippen molar-refractivity contribution in [3.8, 4) is 0 Å². The second-order valence-corrected chi connectivity index (χ2v) is 4.84. The van der Waals surface area contributed by atoms with E-state index in [0.717, 1.165) is 6.42 Å². The van der Waals surface area contributed by atoms with Crippen molar-refractivity contribution in [1.29, 1.82) is 0 Å². The number of carbonyl (C=O) groups excluding carboxylic acids is 1. The summed E-state index contributed by atoms with van der Waals surface area (Å²) in [6.45, 7) is 1.39. The van der Waals surface area contributed by atoms with Crippen LogP contribution in [0.5, 0.6) is 0 Å². The summed E-state index contributed by atoms with van der Waals surface area (Å²) in [5.41, 5.74) is 0.898. The Morgan fingerprint density at radius 2 is 2.00 bits per heavy atom. The normalized spacial score (nSPS) is 10.3. The third kappa shape index (κ3) is 5.30. The van der Waals surface area contributed by atoms with Gasteiger partial charge < -0.3 is 15.4 Å². The van der Waals surface area contributed by atoms with Crippen molar-refractivity contribution < 1.29 is 13.9 Å². The largest absolute Gasteiger partial charge is 0.385 e. The number of ether oxygens (including phenoxy) is 1. The van der Waals surface area contributed by atoms with Crippen molar-refractivity contribution >= 4 is 11.9 Å². The van der Waals surface area contributed by atoms with Gasteiger partial charge in [-0.05, 0) is 12.5 Å². The number of amides is 1. The van der Waals surface area contributed by atoms with Crippen LogP contribution in [0.2, 0.25) is 0 Å². The molecule has 0 fully saturated rings. The van der Waals surface area contributed by atoms with Gasteiger partial charge in [-0.15, -0.1) is 0 Å². The van der Waals surface area contributed by atoms with Gasteiger partial charge in [-0.1, -0.05) is 18.2 Å². The van der Waals surface area contributed by atoms with Gasteiger partial charge in [0.25, 0.3) is 5.91 Å². The van der Waals surface area contributed by atoms with E-state index in [-0.39, 0.29) is 18.3 Å². The van der Waals surface area contributed by atoms with Gasteiger partial charge in [0.05, 0.1) is 5.56 Å². The van der Waals surface area contributed by atoms with Crippen LogP contribution in [0.3, 0.4) is 0 Å². The summed E-state index contributed by atoms with van der Waals surface area (Å²) in [6.07, 6.45) is 3.61. The summed E-state index contributed by atoms with van der Waals surface area (Å²) in [5, 5.41) is 5.67. The van der Waals surface area contributed by atoms with Crippen LogP contribution in [-0.2, 0) is 11.3 Å². The molecule has 2 aromatic rings. The molecule has 0 aliphatic rings. The van der Waals surface area contributed by atoms with Crippen molar-refractivity contribution in [1.82, 2.24) is 15.3 Å². The van der Waals surface area contributed by atoms with E-state index < -0.39 is 0 Å². The fraction of sp³-hybridized carbons (Fsp3) is 0.312. The van der Waals surface area contributed by atoms with Gasteiger partial charge in [0.15, 0.2) is 0 Å². The maximum Gasteiger partial charge on any atom is 0.254 e. The molecule has 0 saturated carbocycles. The average Bonchev–Trinajstić information content (AvgIpc) is 2.58. The van der Waals surface area contributed by atoms with Crippen LogP contribution < -0.4 is 10.6 Å². The van der Waals surface area contributed by atoms with Gasteiger partial charge in [0.1, 0.15) is 5.82 Å². The zero-order valence-electron chi connectivity index (χ0n) is 12.9. The molecule has 1 aromatic heterocycles. The van der Waals surface area contributed by atoms with E-state index in [0.29, 0.717) is 30.2 Å². The first-order valence-corrected chi connectivity index (χ1v) is 7.27. The average molecular weight is 318 g/mol. The van der Waals surface area contributed by atoms with E-state index in [9.17, 15) is 9.18 Å². The molecule has 0 aliphatic heterocycles. The summed E-state index contributed by atoms with van der Waals surface area (Å²) in [7, 11) is 1.61. The maximum atomic E-state index is 13.5. The first-order chi connectivity index (χ1) is 11.2. The SMILES string of the molecule is COCCCNC(=O)c1cnc(NCc2ccccc2F)nc1. The van der Waals surface area contributed by atoms with E-state index in [1.165, 1.54) is 18.5 Å². The summed E-state index contributed by atoms with van der Waals surface area (Å²) in [4.78, 5) is 20.0. The first kappa shape index (κ1) is 16.8. The summed E-state index contributed by atoms with van der Waals surface area (Å²) in [6, 6.07) is 6.48. The lowest BCUT2D eigenvalue weighted by molar-refractivity contribution is 0.0948. The van der Waals surface area contributed by atoms with Gasteiger partial charge >= 0.3 is 0 Å². The highest BCUT2D eigenvalue weighted by molar-refractivity contribution is 5.93. The lowest BCUT2D eigenvalue weighted by Crippen LogP contribution is -2.25. The fourth-order valence-electron chi connectivity index (χ4n) is 1.87. The van der Waals surface area contributed by atoms with Crippen molar-refractivity contribution in [3.63, 3.8) is 0 Å². The zero-order chi connectivity index (χ0) is 16.5. The molecule has 7 heteroatoms. The number of rotatable bonds is 8. The Morgan fingerprint density at radius 3 is 2.70 bits per heavy atom. The van der Waals surface area contributed by atoms with Gasteiger partial charge in [0, 0.05) is 44.8 Å². The molecule has 0 aliphatic carbocycles. The minimum Gasteiger partial charge on any atom is -0.385 e. The van der Waals surface area contributed by atoms with Crippen LogP contribution in [0.4, 0.5) is 10.3 Å². The molecule has 0 saturated heterocycles. The highest BCUT2D eigenvalue weighted by Gasteiger charge is 2.07. The number of hydrogen-bond acceptors (Lipinski definition) is 5. The zero-order valence-corrected chi connectivity index (χ0v) is 12.9. The molecular weight excluding hydrogens is 299 g/mol. The Balaban J connectivity index is 1.84. The monoisotopic (exact) mass is 318 g/mol. The summed E-state index contributed by atoms with van der Waals surface area (Å²) >= 11 is 0. The number of aromatic nitrogens is 2. The Labute approximate surface area is 134 Å². The molecule has 0 unspecified atom stereocenters. The van der Waals surface area contributed by atoms with Gasteiger partial charge in [-0.25, -0.2) is 14.4 Å². The van der Waals surface area contributed by atoms with Crippen LogP contribution in [0.1, 0.15) is 22.3 Å². The Hall–Kier alpha value is -2.54. The van der Waals surface area contributed by atoms with E-state index in [1.807, 2.05) is 0 Å². The van der Waals surface area contributed by atoms with Crippen LogP contribution in [0.15, 0.2) is 36.7 Å². The maximum absolute atomic E-state index is 13.5. The molecule has 1 aromatic carbocycles. The molecule has 0 bridgehead atoms. The number of methoxy groups -OCH3 is 1. The van der Waals surface area contributed by atoms with Crippen molar-refractivity contribution in [2.75, 3.05) is 25.6 Å². The first-order valence-electron chi connectivity index (χ1n) is 7.27. The molecule has 122 valence electrons. The number of anilines is 1. The number of halogens is 1. The smallest absolute Gasteiger partial charge is 0.254 e. The van der Waals surface area contributed by atoms with Gasteiger partial charge in [0.2, 0.25) is 5.95 Å². The third-order valence-electron chi connectivity index (χ3n) is 3.12. The molecule has 6 nitrogen and oxygen atoms in total. The standard InChI is InChI=1S/C16H19FN4O2/c1-23-8-4-7-18-15(22)13-10-20-16(21-11-13)19-9-12-5-2-3-6-14(12)17/h2-3,5-6,10-11H,4,7-9H2,1H3,(H,18,22)(H,19,20,21). The number of carbonyl (C=O) groups is 1. The van der Waals surface area contributed by atoms with E-state index in [1.54, 1.807) is 25.3 Å². The third-order valence-corrected chi connectivity index (χ3v) is 3.12. The van der Waals surface area contributed by atoms with E-state index in [4.69, 9.17) is 4.74 Å². The molecular formula is C16H19FN4O2. The molecule has 2 N–H and O–H groups in total. The number of benzene rings is 1. The molecule has 1 amide bonds. The van der Waals surface area contributed by atoms with Crippen molar-refractivity contribution in [3.05, 3.63) is 53.6 Å². The Bertz CT molecular complexity index is 634. The summed E-state index contributed by atoms with van der Waals surface area (Å²) in [5.74, 6) is -0.182. The minimum atomic E-state index is -0.285. The fourth-order valence-corrected chi connectivity index (χ4v) is 1.87. The molecule has 2 rings (SSSR count). The molecule has 23 heavy (non-hydrogen) atoms. The molecule has 0 radical (unpaired) electrons. The molecule has 0 spiro atoms. The lowest BCUT2D eigenvalue weighted by Gasteiger charge is -2.07. The van der Waals surface area contributed by atoms with Gasteiger partial charge in [-0.2, -0.15) is 0 Å². The second kappa shape index (κ2) is 8.79. The van der Waals surface area contributed by atoms with Crippen LogP contribution >= 0.6 is 0 Å². The molecule has 1 heterocycles. The number of nitrogens with one attached hydrogen (secondary N) is 2. The van der Waals surface area contributed by atoms with Gasteiger partial charge in [-0.3, -0.25) is 4.79 Å². The Kier molecular flexibility index (Phi) is 6.43.